The van der Waals surface area contributed by atoms with Gasteiger partial charge < -0.3 is 9.47 Å². The van der Waals surface area contributed by atoms with Gasteiger partial charge in [-0.1, -0.05) is 38.5 Å². The number of ether oxygens (including phenoxy) is 2. The van der Waals surface area contributed by atoms with Crippen LogP contribution in [0.1, 0.15) is 58.2 Å². The fraction of sp³-hybridized carbons (Fsp3) is 0.440. The second-order valence-electron chi connectivity index (χ2n) is 7.39. The van der Waals surface area contributed by atoms with Crippen molar-refractivity contribution in [3.05, 3.63) is 60.7 Å². The van der Waals surface area contributed by atoms with Gasteiger partial charge in [0.05, 0.1) is 6.10 Å². The molecule has 6 heteroatoms. The quantitative estimate of drug-likeness (QED) is 0.245. The van der Waals surface area contributed by atoms with Gasteiger partial charge in [0.1, 0.15) is 6.61 Å². The van der Waals surface area contributed by atoms with Crippen molar-refractivity contribution in [1.29, 1.82) is 0 Å². The van der Waals surface area contributed by atoms with E-state index in [0.29, 0.717) is 11.4 Å². The Morgan fingerprint density at radius 1 is 1.10 bits per heavy atom. The predicted octanol–water partition coefficient (Wildman–Crippen LogP) is 6.77. The lowest BCUT2D eigenvalue weighted by atomic mass is 10.1. The Bertz CT molecular complexity index is 838. The van der Waals surface area contributed by atoms with Crippen molar-refractivity contribution < 1.29 is 18.3 Å². The maximum Gasteiger partial charge on any atom is 0.201 e. The van der Waals surface area contributed by atoms with Crippen LogP contribution in [0.3, 0.4) is 0 Å². The van der Waals surface area contributed by atoms with Crippen molar-refractivity contribution >= 4 is 6.08 Å². The second-order valence-corrected chi connectivity index (χ2v) is 7.39. The van der Waals surface area contributed by atoms with E-state index in [1.165, 1.54) is 43.4 Å². The van der Waals surface area contributed by atoms with Crippen LogP contribution in [-0.4, -0.2) is 29.3 Å². The van der Waals surface area contributed by atoms with E-state index in [4.69, 9.17) is 9.47 Å². The van der Waals surface area contributed by atoms with Crippen molar-refractivity contribution in [3.63, 3.8) is 0 Å². The maximum absolute atomic E-state index is 14.4. The van der Waals surface area contributed by atoms with Crippen LogP contribution < -0.4 is 4.74 Å². The molecule has 0 spiro atoms. The van der Waals surface area contributed by atoms with Crippen LogP contribution in [0.2, 0.25) is 0 Å². The molecule has 1 atom stereocenters. The highest BCUT2D eigenvalue weighted by atomic mass is 19.2. The van der Waals surface area contributed by atoms with Crippen molar-refractivity contribution in [2.24, 2.45) is 0 Å². The lowest BCUT2D eigenvalue weighted by Gasteiger charge is -2.11. The molecular formula is C25H32F2N2O2. The third kappa shape index (κ3) is 8.21. The number of nitrogens with zero attached hydrogens (tertiary/aromatic N) is 2. The van der Waals surface area contributed by atoms with Crippen LogP contribution in [0.15, 0.2) is 43.3 Å². The number of unbranched alkanes of at least 4 members (excludes halogenated alkanes) is 3. The Labute approximate surface area is 184 Å². The topological polar surface area (TPSA) is 44.2 Å². The van der Waals surface area contributed by atoms with Crippen molar-refractivity contribution in [1.82, 2.24) is 9.97 Å². The maximum atomic E-state index is 14.4. The minimum absolute atomic E-state index is 0.0897. The summed E-state index contributed by atoms with van der Waals surface area (Å²) >= 11 is 0. The molecule has 2 aromatic rings. The van der Waals surface area contributed by atoms with Crippen LogP contribution in [0.25, 0.3) is 17.2 Å². The van der Waals surface area contributed by atoms with Crippen LogP contribution >= 0.6 is 0 Å². The Kier molecular flexibility index (Phi) is 10.9. The molecule has 168 valence electrons. The minimum atomic E-state index is -1.04. The molecule has 31 heavy (non-hydrogen) atoms. The zero-order valence-electron chi connectivity index (χ0n) is 18.4. The molecule has 1 unspecified atom stereocenters. The van der Waals surface area contributed by atoms with E-state index >= 15 is 0 Å². The summed E-state index contributed by atoms with van der Waals surface area (Å²) in [5, 5.41) is 0. The van der Waals surface area contributed by atoms with Crippen LogP contribution in [0.5, 0.6) is 5.75 Å². The SMILES string of the molecule is C=CCOc1ccc(-c2cnc(/C=C/CCCC(C)OCCCCC)nc2)c(F)c1F. The number of rotatable bonds is 14. The highest BCUT2D eigenvalue weighted by molar-refractivity contribution is 5.64. The number of aromatic nitrogens is 2. The molecule has 1 aromatic heterocycles. The summed E-state index contributed by atoms with van der Waals surface area (Å²) in [6, 6.07) is 2.84. The Hall–Kier alpha value is -2.60. The predicted molar refractivity (Wildman–Crippen MR) is 121 cm³/mol. The van der Waals surface area contributed by atoms with Crippen LogP contribution in [-0.2, 0) is 4.74 Å². The zero-order chi connectivity index (χ0) is 22.5. The number of halogens is 2. The van der Waals surface area contributed by atoms with E-state index < -0.39 is 11.6 Å². The summed E-state index contributed by atoms with van der Waals surface area (Å²) in [4.78, 5) is 8.46. The summed E-state index contributed by atoms with van der Waals surface area (Å²) in [7, 11) is 0. The van der Waals surface area contributed by atoms with E-state index in [2.05, 4.69) is 30.4 Å². The Balaban J connectivity index is 1.84. The molecule has 0 amide bonds. The first kappa shape index (κ1) is 24.7. The van der Waals surface area contributed by atoms with Gasteiger partial charge in [-0.25, -0.2) is 14.4 Å². The average Bonchev–Trinajstić information content (AvgIpc) is 2.78. The molecule has 0 radical (unpaired) electrons. The van der Waals surface area contributed by atoms with Crippen molar-refractivity contribution in [3.8, 4) is 16.9 Å². The standard InChI is InChI=1S/C25H32F2N2O2/c1-4-6-10-16-30-19(3)11-8-7-9-12-23-28-17-20(18-29-23)21-13-14-22(31-15-5-2)25(27)24(21)26/h5,9,12-14,17-19H,2,4,6-8,10-11,15-16H2,1,3H3/b12-9+. The number of hydrogen-bond acceptors (Lipinski definition) is 4. The molecule has 0 N–H and O–H groups in total. The first-order valence-corrected chi connectivity index (χ1v) is 10.9. The van der Waals surface area contributed by atoms with Gasteiger partial charge in [0, 0.05) is 30.1 Å². The molecule has 0 saturated heterocycles. The summed E-state index contributed by atoms with van der Waals surface area (Å²) in [5.41, 5.74) is 0.491. The minimum Gasteiger partial charge on any atom is -0.486 e. The third-order valence-electron chi connectivity index (χ3n) is 4.79. The first-order chi connectivity index (χ1) is 15.1. The number of hydrogen-bond donors (Lipinski definition) is 0. The van der Waals surface area contributed by atoms with E-state index in [-0.39, 0.29) is 24.0 Å². The molecule has 0 aliphatic rings. The lowest BCUT2D eigenvalue weighted by molar-refractivity contribution is 0.0566. The normalized spacial score (nSPS) is 12.3. The summed E-state index contributed by atoms with van der Waals surface area (Å²) in [6.45, 7) is 8.72. The summed E-state index contributed by atoms with van der Waals surface area (Å²) in [5.74, 6) is -1.65. The van der Waals surface area contributed by atoms with Crippen molar-refractivity contribution in [2.75, 3.05) is 13.2 Å². The Morgan fingerprint density at radius 2 is 1.87 bits per heavy atom. The number of allylic oxidation sites excluding steroid dienone is 1. The van der Waals surface area contributed by atoms with Gasteiger partial charge in [-0.15, -0.1) is 0 Å². The molecule has 0 saturated carbocycles. The van der Waals surface area contributed by atoms with E-state index in [0.717, 1.165) is 32.3 Å². The smallest absolute Gasteiger partial charge is 0.201 e. The largest absolute Gasteiger partial charge is 0.486 e. The molecule has 4 nitrogen and oxygen atoms in total. The highest BCUT2D eigenvalue weighted by Gasteiger charge is 2.16. The fourth-order valence-electron chi connectivity index (χ4n) is 3.01. The molecule has 2 rings (SSSR count). The third-order valence-corrected chi connectivity index (χ3v) is 4.79. The van der Waals surface area contributed by atoms with Gasteiger partial charge in [-0.05, 0) is 50.8 Å². The molecule has 1 aromatic carbocycles. The van der Waals surface area contributed by atoms with Crippen LogP contribution in [0.4, 0.5) is 8.78 Å². The van der Waals surface area contributed by atoms with Crippen molar-refractivity contribution in [2.45, 2.75) is 58.5 Å². The molecule has 0 fully saturated rings. The summed E-state index contributed by atoms with van der Waals surface area (Å²) < 4.78 is 39.4. The fourth-order valence-corrected chi connectivity index (χ4v) is 3.01. The van der Waals surface area contributed by atoms with Gasteiger partial charge in [0.15, 0.2) is 17.4 Å². The van der Waals surface area contributed by atoms with Gasteiger partial charge in [-0.3, -0.25) is 0 Å². The van der Waals surface area contributed by atoms with Gasteiger partial charge in [0.25, 0.3) is 0 Å². The van der Waals surface area contributed by atoms with Crippen LogP contribution in [0, 0.1) is 11.6 Å². The molecule has 0 bridgehead atoms. The molecule has 0 aliphatic carbocycles. The molecule has 0 aliphatic heterocycles. The van der Waals surface area contributed by atoms with Gasteiger partial charge in [0.2, 0.25) is 5.82 Å². The molecular weight excluding hydrogens is 398 g/mol. The average molecular weight is 431 g/mol. The van der Waals surface area contributed by atoms with E-state index in [9.17, 15) is 8.78 Å². The second kappa shape index (κ2) is 13.7. The monoisotopic (exact) mass is 430 g/mol. The first-order valence-electron chi connectivity index (χ1n) is 10.9. The molecule has 1 heterocycles. The number of benzene rings is 1. The Morgan fingerprint density at radius 3 is 2.58 bits per heavy atom. The van der Waals surface area contributed by atoms with E-state index in [1.54, 1.807) is 0 Å². The highest BCUT2D eigenvalue weighted by Crippen LogP contribution is 2.29. The zero-order valence-corrected chi connectivity index (χ0v) is 18.4. The lowest BCUT2D eigenvalue weighted by Crippen LogP contribution is -2.08. The summed E-state index contributed by atoms with van der Waals surface area (Å²) in [6.07, 6.45) is 15.0. The van der Waals surface area contributed by atoms with Gasteiger partial charge in [-0.2, -0.15) is 4.39 Å². The van der Waals surface area contributed by atoms with Gasteiger partial charge >= 0.3 is 0 Å². The van der Waals surface area contributed by atoms with E-state index in [1.807, 2.05) is 12.2 Å².